The smallest absolute Gasteiger partial charge is 0.0438 e. The molecule has 0 saturated heterocycles. The van der Waals surface area contributed by atoms with E-state index in [0.717, 1.165) is 0 Å². The Labute approximate surface area is 69.7 Å². The van der Waals surface area contributed by atoms with Crippen LogP contribution in [-0.2, 0) is 0 Å². The van der Waals surface area contributed by atoms with Gasteiger partial charge in [0.15, 0.2) is 0 Å². The molecule has 62 valence electrons. The topological polar surface area (TPSA) is 3.24 Å². The number of rotatable bonds is 4. The normalized spacial score (nSPS) is 14.1. The fourth-order valence-corrected chi connectivity index (χ4v) is 0.638. The lowest BCUT2D eigenvalue weighted by Gasteiger charge is -2.18. The van der Waals surface area contributed by atoms with E-state index in [9.17, 15) is 0 Å². The van der Waals surface area contributed by atoms with Crippen molar-refractivity contribution in [3.05, 3.63) is 37.1 Å². The molecule has 0 heterocycles. The fraction of sp³-hybridized carbons (Fsp3) is 0.400. The summed E-state index contributed by atoms with van der Waals surface area (Å²) in [4.78, 5) is 2.06. The van der Waals surface area contributed by atoms with E-state index in [-0.39, 0.29) is 0 Å². The van der Waals surface area contributed by atoms with Crippen LogP contribution < -0.4 is 0 Å². The molecule has 1 atom stereocenters. The zero-order valence-electron chi connectivity index (χ0n) is 7.62. The van der Waals surface area contributed by atoms with E-state index in [0.29, 0.717) is 6.04 Å². The van der Waals surface area contributed by atoms with Crippen LogP contribution in [0.4, 0.5) is 0 Å². The lowest BCUT2D eigenvalue weighted by atomic mass is 10.3. The van der Waals surface area contributed by atoms with Gasteiger partial charge in [0.25, 0.3) is 0 Å². The second-order valence-corrected chi connectivity index (χ2v) is 2.50. The van der Waals surface area contributed by atoms with Crippen molar-refractivity contribution in [2.75, 3.05) is 7.05 Å². The van der Waals surface area contributed by atoms with Gasteiger partial charge in [0, 0.05) is 13.1 Å². The average molecular weight is 151 g/mol. The standard InChI is InChI=1S/C10H17N/c1-5-7-8-9-10(3)11(4)6-2/h5-10H,2H2,1,3-4H3/b7-5+,9-8-. The van der Waals surface area contributed by atoms with Crippen LogP contribution in [0.2, 0.25) is 0 Å². The Morgan fingerprint density at radius 1 is 1.36 bits per heavy atom. The van der Waals surface area contributed by atoms with Gasteiger partial charge in [-0.1, -0.05) is 30.9 Å². The SMILES string of the molecule is C=CN(C)C(C)/C=C\C=C\C. The average Bonchev–Trinajstić information content (AvgIpc) is 2.03. The molecule has 0 spiro atoms. The molecular formula is C10H17N. The number of likely N-dealkylation sites (N-methyl/N-ethyl adjacent to an activating group) is 1. The molecule has 0 amide bonds. The molecule has 0 radical (unpaired) electrons. The maximum absolute atomic E-state index is 3.68. The first kappa shape index (κ1) is 10.0. The molecular weight excluding hydrogens is 134 g/mol. The maximum Gasteiger partial charge on any atom is 0.0438 e. The summed E-state index contributed by atoms with van der Waals surface area (Å²) in [5.74, 6) is 0. The third-order valence-corrected chi connectivity index (χ3v) is 1.62. The zero-order valence-corrected chi connectivity index (χ0v) is 7.62. The first-order valence-electron chi connectivity index (χ1n) is 3.86. The van der Waals surface area contributed by atoms with Gasteiger partial charge in [-0.2, -0.15) is 0 Å². The van der Waals surface area contributed by atoms with Crippen LogP contribution in [0.15, 0.2) is 37.1 Å². The minimum Gasteiger partial charge on any atom is -0.375 e. The Balaban J connectivity index is 3.84. The van der Waals surface area contributed by atoms with Crippen LogP contribution in [0.5, 0.6) is 0 Å². The maximum atomic E-state index is 3.68. The van der Waals surface area contributed by atoms with Crippen molar-refractivity contribution >= 4 is 0 Å². The van der Waals surface area contributed by atoms with E-state index in [2.05, 4.69) is 24.5 Å². The van der Waals surface area contributed by atoms with Crippen molar-refractivity contribution in [1.29, 1.82) is 0 Å². The van der Waals surface area contributed by atoms with Gasteiger partial charge < -0.3 is 4.90 Å². The Morgan fingerprint density at radius 3 is 2.45 bits per heavy atom. The summed E-state index contributed by atoms with van der Waals surface area (Å²) < 4.78 is 0. The van der Waals surface area contributed by atoms with Crippen molar-refractivity contribution in [3.63, 3.8) is 0 Å². The Hall–Kier alpha value is -0.980. The molecule has 0 saturated carbocycles. The summed E-state index contributed by atoms with van der Waals surface area (Å²) in [5, 5.41) is 0. The van der Waals surface area contributed by atoms with Gasteiger partial charge in [0.05, 0.1) is 0 Å². The van der Waals surface area contributed by atoms with E-state index < -0.39 is 0 Å². The van der Waals surface area contributed by atoms with Gasteiger partial charge in [0.1, 0.15) is 0 Å². The molecule has 1 unspecified atom stereocenters. The van der Waals surface area contributed by atoms with Gasteiger partial charge >= 0.3 is 0 Å². The second-order valence-electron chi connectivity index (χ2n) is 2.50. The molecule has 1 nitrogen and oxygen atoms in total. The Morgan fingerprint density at radius 2 is 2.00 bits per heavy atom. The highest BCUT2D eigenvalue weighted by Gasteiger charge is 1.96. The van der Waals surface area contributed by atoms with Crippen molar-refractivity contribution in [1.82, 2.24) is 4.90 Å². The molecule has 0 aromatic carbocycles. The number of hydrogen-bond acceptors (Lipinski definition) is 1. The quantitative estimate of drug-likeness (QED) is 0.558. The van der Waals surface area contributed by atoms with E-state index >= 15 is 0 Å². The molecule has 0 aromatic heterocycles. The van der Waals surface area contributed by atoms with Crippen LogP contribution in [0.25, 0.3) is 0 Å². The van der Waals surface area contributed by atoms with Crippen LogP contribution in [-0.4, -0.2) is 18.0 Å². The first-order valence-corrected chi connectivity index (χ1v) is 3.86. The van der Waals surface area contributed by atoms with E-state index in [1.165, 1.54) is 0 Å². The fourth-order valence-electron chi connectivity index (χ4n) is 0.638. The molecule has 0 aromatic rings. The molecule has 0 aliphatic heterocycles. The van der Waals surface area contributed by atoms with Crippen molar-refractivity contribution in [2.24, 2.45) is 0 Å². The van der Waals surface area contributed by atoms with E-state index in [1.54, 1.807) is 0 Å². The molecule has 0 aliphatic rings. The minimum absolute atomic E-state index is 0.420. The van der Waals surface area contributed by atoms with Crippen molar-refractivity contribution in [2.45, 2.75) is 19.9 Å². The summed E-state index contributed by atoms with van der Waals surface area (Å²) in [7, 11) is 2.01. The van der Waals surface area contributed by atoms with Crippen LogP contribution in [0.1, 0.15) is 13.8 Å². The summed E-state index contributed by atoms with van der Waals surface area (Å²) in [6.45, 7) is 7.82. The lowest BCUT2D eigenvalue weighted by Crippen LogP contribution is -2.20. The summed E-state index contributed by atoms with van der Waals surface area (Å²) >= 11 is 0. The zero-order chi connectivity index (χ0) is 8.69. The summed E-state index contributed by atoms with van der Waals surface area (Å²) in [5.41, 5.74) is 0. The highest BCUT2D eigenvalue weighted by Crippen LogP contribution is 1.96. The molecule has 0 fully saturated rings. The number of hydrogen-bond donors (Lipinski definition) is 0. The minimum atomic E-state index is 0.420. The number of allylic oxidation sites excluding steroid dienone is 3. The molecule has 0 N–H and O–H groups in total. The summed E-state index contributed by atoms with van der Waals surface area (Å²) in [6.07, 6.45) is 10.0. The summed E-state index contributed by atoms with van der Waals surface area (Å²) in [6, 6.07) is 0.420. The van der Waals surface area contributed by atoms with Gasteiger partial charge in [-0.3, -0.25) is 0 Å². The molecule has 0 rings (SSSR count). The van der Waals surface area contributed by atoms with Gasteiger partial charge in [-0.25, -0.2) is 0 Å². The third-order valence-electron chi connectivity index (χ3n) is 1.62. The first-order chi connectivity index (χ1) is 5.22. The second kappa shape index (κ2) is 5.78. The third kappa shape index (κ3) is 4.43. The molecule has 11 heavy (non-hydrogen) atoms. The monoisotopic (exact) mass is 151 g/mol. The Kier molecular flexibility index (Phi) is 5.26. The van der Waals surface area contributed by atoms with Gasteiger partial charge in [0.2, 0.25) is 0 Å². The van der Waals surface area contributed by atoms with Gasteiger partial charge in [-0.15, -0.1) is 0 Å². The van der Waals surface area contributed by atoms with Crippen molar-refractivity contribution < 1.29 is 0 Å². The Bertz CT molecular complexity index is 156. The predicted octanol–water partition coefficient (Wildman–Crippen LogP) is 2.58. The molecule has 1 heteroatoms. The van der Waals surface area contributed by atoms with Crippen LogP contribution in [0.3, 0.4) is 0 Å². The molecule has 0 aliphatic carbocycles. The highest BCUT2D eigenvalue weighted by molar-refractivity contribution is 5.05. The van der Waals surface area contributed by atoms with E-state index in [1.807, 2.05) is 38.4 Å². The van der Waals surface area contributed by atoms with Crippen LogP contribution >= 0.6 is 0 Å². The largest absolute Gasteiger partial charge is 0.375 e. The van der Waals surface area contributed by atoms with Crippen LogP contribution in [0, 0.1) is 0 Å². The van der Waals surface area contributed by atoms with Crippen molar-refractivity contribution in [3.8, 4) is 0 Å². The number of nitrogens with zero attached hydrogens (tertiary/aromatic N) is 1. The lowest BCUT2D eigenvalue weighted by molar-refractivity contribution is 0.409. The van der Waals surface area contributed by atoms with E-state index in [4.69, 9.17) is 0 Å². The molecule has 0 bridgehead atoms. The van der Waals surface area contributed by atoms with Gasteiger partial charge in [-0.05, 0) is 20.0 Å². The highest BCUT2D eigenvalue weighted by atomic mass is 15.1. The predicted molar refractivity (Wildman–Crippen MR) is 51.4 cm³/mol.